The van der Waals surface area contributed by atoms with Crippen molar-refractivity contribution in [2.24, 2.45) is 0 Å². The van der Waals surface area contributed by atoms with Crippen molar-refractivity contribution in [3.63, 3.8) is 0 Å². The molecule has 1 aliphatic rings. The maximum absolute atomic E-state index is 13.4. The van der Waals surface area contributed by atoms with Gasteiger partial charge in [-0.3, -0.25) is 19.9 Å². The molecule has 0 atom stereocenters. The van der Waals surface area contributed by atoms with E-state index in [1.807, 2.05) is 231 Å². The minimum atomic E-state index is -0.521. The van der Waals surface area contributed by atoms with Crippen molar-refractivity contribution >= 4 is 131 Å². The predicted octanol–water partition coefficient (Wildman–Crippen LogP) is 19.4. The summed E-state index contributed by atoms with van der Waals surface area (Å²) in [6.45, 7) is 8.59. The van der Waals surface area contributed by atoms with Gasteiger partial charge in [-0.25, -0.2) is 19.9 Å². The normalized spacial score (nSPS) is 12.3. The molecule has 10 aromatic carbocycles. The van der Waals surface area contributed by atoms with Gasteiger partial charge in [-0.2, -0.15) is 0 Å². The molecule has 0 unspecified atom stereocenters. The predicted molar refractivity (Wildman–Crippen MR) is 426 cm³/mol. The Balaban J connectivity index is 0.000000136. The first-order chi connectivity index (χ1) is 51.7. The first kappa shape index (κ1) is 74.0. The molecule has 109 heavy (non-hydrogen) atoms. The Bertz CT molecular complexity index is 6390. The van der Waals surface area contributed by atoms with Gasteiger partial charge >= 0.3 is 42.1 Å². The Hall–Kier alpha value is -11.9. The van der Waals surface area contributed by atoms with Crippen molar-refractivity contribution in [2.75, 3.05) is 0 Å². The number of para-hydroxylation sites is 4. The van der Waals surface area contributed by atoms with Gasteiger partial charge < -0.3 is 29.8 Å². The average Bonchev–Trinajstić information content (AvgIpc) is 0.765. The van der Waals surface area contributed by atoms with Crippen LogP contribution in [-0.2, 0) is 74.0 Å². The number of phenolic OH excluding ortho intramolecular Hbond substituents is 2. The number of fused-ring (bicyclic) bond motifs is 35. The fourth-order valence-corrected chi connectivity index (χ4v) is 13.8. The molecule has 19 rings (SSSR count). The van der Waals surface area contributed by atoms with Crippen LogP contribution in [0.3, 0.4) is 0 Å². The Morgan fingerprint density at radius 1 is 0.312 bits per heavy atom. The second kappa shape index (κ2) is 30.7. The van der Waals surface area contributed by atoms with Gasteiger partial charge in [0, 0.05) is 122 Å². The van der Waals surface area contributed by atoms with Gasteiger partial charge in [-0.15, -0.1) is 81.8 Å². The number of nitrogens with zero attached hydrogens (tertiary/aromatic N) is 10. The van der Waals surface area contributed by atoms with Gasteiger partial charge in [0.2, 0.25) is 0 Å². The quantitative estimate of drug-likeness (QED) is 0.107. The number of aromatic nitrogens is 10. The smallest absolute Gasteiger partial charge is 0.622 e. The van der Waals surface area contributed by atoms with E-state index in [1.165, 1.54) is 0 Å². The summed E-state index contributed by atoms with van der Waals surface area (Å²) in [5, 5.41) is 32.8. The molecule has 0 fully saturated rings. The van der Waals surface area contributed by atoms with Crippen LogP contribution in [0.15, 0.2) is 301 Å². The molecule has 1 aliphatic heterocycles. The van der Waals surface area contributed by atoms with Gasteiger partial charge in [0.25, 0.3) is 0 Å². The number of rotatable bonds is 0. The summed E-state index contributed by atoms with van der Waals surface area (Å²) in [7, 11) is 0. The molecular weight excluding hydrogens is 1890 g/mol. The molecule has 24 bridgehead atoms. The zero-order valence-corrected chi connectivity index (χ0v) is 65.7. The van der Waals surface area contributed by atoms with E-state index in [0.717, 1.165) is 110 Å². The van der Waals surface area contributed by atoms with Crippen molar-refractivity contribution in [3.05, 3.63) is 347 Å². The summed E-state index contributed by atoms with van der Waals surface area (Å²) in [4.78, 5) is 74.5. The molecule has 0 radical (unpaired) electrons. The van der Waals surface area contributed by atoms with Crippen LogP contribution in [0.25, 0.3) is 153 Å². The summed E-state index contributed by atoms with van der Waals surface area (Å²) in [6.07, 6.45) is 7.28. The maximum Gasteiger partial charge on any atom is 2.00 e. The minimum Gasteiger partial charge on any atom is -0.622 e. The van der Waals surface area contributed by atoms with Gasteiger partial charge in [0.05, 0.1) is 66.6 Å². The van der Waals surface area contributed by atoms with Crippen LogP contribution in [0, 0.1) is 12.1 Å². The van der Waals surface area contributed by atoms with Crippen molar-refractivity contribution in [3.8, 4) is 34.0 Å². The molecule has 0 saturated carbocycles. The number of phenols is 2. The van der Waals surface area contributed by atoms with Crippen molar-refractivity contribution in [1.82, 2.24) is 49.8 Å². The fourth-order valence-electron chi connectivity index (χ4n) is 13.8. The Labute approximate surface area is 667 Å². The van der Waals surface area contributed by atoms with Gasteiger partial charge in [-0.1, -0.05) is 198 Å². The zero-order chi connectivity index (χ0) is 72.2. The molecule has 534 valence electrons. The van der Waals surface area contributed by atoms with E-state index in [1.54, 1.807) is 48.8 Å². The van der Waals surface area contributed by atoms with Crippen molar-refractivity contribution < 1.29 is 73.4 Å². The largest absolute Gasteiger partial charge is 2.00 e. The summed E-state index contributed by atoms with van der Waals surface area (Å²) in [5.74, 6) is 0.372. The van der Waals surface area contributed by atoms with E-state index < -0.39 is 11.1 Å². The van der Waals surface area contributed by atoms with Crippen molar-refractivity contribution in [2.45, 2.75) is 38.5 Å². The van der Waals surface area contributed by atoms with E-state index in [9.17, 15) is 19.8 Å². The van der Waals surface area contributed by atoms with Gasteiger partial charge in [-0.05, 0) is 82.2 Å². The summed E-state index contributed by atoms with van der Waals surface area (Å²) in [5.41, 5.74) is 12.2. The van der Waals surface area contributed by atoms with Crippen LogP contribution in [-0.4, -0.2) is 50.1 Å². The van der Waals surface area contributed by atoms with Crippen molar-refractivity contribution in [1.29, 1.82) is 0 Å². The van der Waals surface area contributed by atoms with E-state index >= 15 is 0 Å². The second-order valence-electron chi connectivity index (χ2n) is 27.2. The molecule has 2 N–H and O–H groups in total. The topological polar surface area (TPSA) is 206 Å². The summed E-state index contributed by atoms with van der Waals surface area (Å²) >= 11 is 0. The number of benzene rings is 10. The van der Waals surface area contributed by atoms with Crippen LogP contribution in [0.2, 0.25) is 0 Å². The SMILES string of the molecule is CC1(C)c2[c-]c(ccc2)-c2cncc(n2)C(C)(C)c2[c-]c(ccc2)-c2cncc1n2.O=c1[n-]c2ccccc2c2ccc3ccc4ccc(nc4c3n2)c2ccccc2[n-]c(=O)c2ccccc12.Oc1c2cccc1c1cccc(n1)c1cccc(c1)c1cccc(c1O)c1cccc(n1)c1cccc2c1.[Pt+2].[Pt+2].[Pt]. The third-order valence-electron chi connectivity index (χ3n) is 19.8. The Kier molecular flexibility index (Phi) is 20.9. The van der Waals surface area contributed by atoms with Gasteiger partial charge in [0.1, 0.15) is 11.5 Å². The molecule has 18 aromatic rings. The van der Waals surface area contributed by atoms with Crippen LogP contribution < -0.4 is 21.1 Å². The second-order valence-corrected chi connectivity index (χ2v) is 27.2. The summed E-state index contributed by atoms with van der Waals surface area (Å²) in [6, 6.07) is 91.7. The molecule has 14 nitrogen and oxygen atoms in total. The van der Waals surface area contributed by atoms with E-state index in [2.05, 4.69) is 71.9 Å². The molecule has 9 heterocycles. The average molecular weight is 1960 g/mol. The van der Waals surface area contributed by atoms with E-state index in [0.29, 0.717) is 54.6 Å². The molecule has 0 aliphatic carbocycles. The zero-order valence-electron chi connectivity index (χ0n) is 58.8. The number of aromatic hydroxyl groups is 2. The minimum absolute atomic E-state index is 0. The Morgan fingerprint density at radius 3 is 1.09 bits per heavy atom. The molecule has 8 aromatic heterocycles. The van der Waals surface area contributed by atoms with Crippen LogP contribution in [0.4, 0.5) is 0 Å². The van der Waals surface area contributed by atoms with Crippen LogP contribution in [0.5, 0.6) is 11.5 Å². The molecule has 0 spiro atoms. The standard InChI is InChI=1S/C34H22N2O2.C32H20N4O2.C26H22N4.3Pt/c37-33-25-11-3-13-27(33)32-18-6-16-30(36-32)24-10-2-8-22(20-24)26-12-4-14-28(34(26)38)31-17-5-15-29(35-31)23-9-1-7-21(25)19-23;37-31-21-7-1-2-8-22(21)32(38)36-26-12-6-4-10-24(26)28-18-16-20-14-13-19-15-17-27(33-29(19)30(20)34-28)23-9-3-5-11-25(23)35-31;1-25(2)19-9-5-7-17(11-19)22-14-28-16-24(30-22)26(3,4)20-10-6-8-18(12-20)21-13-27-15-23(25)29-21;;;/h1-20,37-38H;1-18H,(H2,33,34,35,36,37,38);5-10,13-16H,1-4H3;;;/q;;-2;;2*+2/p-2. The summed E-state index contributed by atoms with van der Waals surface area (Å²) < 4.78 is 0. The molecule has 0 saturated heterocycles. The third kappa shape index (κ3) is 14.3. The number of hydrogen-bond acceptors (Lipinski definition) is 12. The maximum atomic E-state index is 13.4. The molecule has 17 heteroatoms. The monoisotopic (exact) mass is 1960 g/mol. The Morgan fingerprint density at radius 2 is 0.651 bits per heavy atom. The third-order valence-corrected chi connectivity index (χ3v) is 19.8. The van der Waals surface area contributed by atoms with Crippen LogP contribution >= 0.6 is 0 Å². The number of pyridine rings is 4. The fraction of sp³-hybridized carbons (Fsp3) is 0.0652. The van der Waals surface area contributed by atoms with Gasteiger partial charge in [0.15, 0.2) is 0 Å². The first-order valence-corrected chi connectivity index (χ1v) is 34.7. The number of hydrogen-bond donors (Lipinski definition) is 2. The van der Waals surface area contributed by atoms with Crippen LogP contribution in [0.1, 0.15) is 50.2 Å². The van der Waals surface area contributed by atoms with E-state index in [4.69, 9.17) is 29.9 Å². The first-order valence-electron chi connectivity index (χ1n) is 34.7. The molecular formula is C92H62N10O4Pt3. The van der Waals surface area contributed by atoms with E-state index in [-0.39, 0.29) is 96.3 Å². The molecule has 0 amide bonds.